The minimum absolute atomic E-state index is 0.0833. The number of nitrogens with zero attached hydrogens (tertiary/aromatic N) is 2. The smallest absolute Gasteiger partial charge is 0.254 e. The Labute approximate surface area is 132 Å². The van der Waals surface area contributed by atoms with Gasteiger partial charge in [0.25, 0.3) is 5.91 Å². The molecule has 5 nitrogen and oxygen atoms in total. The van der Waals surface area contributed by atoms with Crippen LogP contribution in [0.5, 0.6) is 0 Å². The van der Waals surface area contributed by atoms with Gasteiger partial charge in [-0.25, -0.2) is 5.43 Å². The Morgan fingerprint density at radius 3 is 2.50 bits per heavy atom. The molecule has 1 saturated heterocycles. The Bertz CT molecular complexity index is 517. The lowest BCUT2D eigenvalue weighted by molar-refractivity contribution is -0.123. The first-order valence-electron chi connectivity index (χ1n) is 7.80. The maximum atomic E-state index is 11.9. The van der Waals surface area contributed by atoms with Crippen LogP contribution in [0.3, 0.4) is 0 Å². The summed E-state index contributed by atoms with van der Waals surface area (Å²) in [6, 6.07) is 8.30. The number of hydrogen-bond acceptors (Lipinski definition) is 4. The van der Waals surface area contributed by atoms with Gasteiger partial charge in [-0.05, 0) is 24.0 Å². The summed E-state index contributed by atoms with van der Waals surface area (Å²) in [5, 5.41) is 4.19. The van der Waals surface area contributed by atoms with Gasteiger partial charge in [-0.1, -0.05) is 38.1 Å². The lowest BCUT2D eigenvalue weighted by Crippen LogP contribution is -2.42. The molecule has 1 aliphatic rings. The van der Waals surface area contributed by atoms with Crippen molar-refractivity contribution in [3.63, 3.8) is 0 Å². The zero-order chi connectivity index (χ0) is 15.9. The minimum Gasteiger partial charge on any atom is -0.379 e. The fraction of sp³-hybridized carbons (Fsp3) is 0.529. The van der Waals surface area contributed by atoms with Crippen molar-refractivity contribution in [3.8, 4) is 0 Å². The molecule has 0 aromatic heterocycles. The molecule has 0 bridgehead atoms. The van der Waals surface area contributed by atoms with E-state index in [0.717, 1.165) is 24.4 Å². The molecule has 1 amide bonds. The molecule has 1 aromatic rings. The van der Waals surface area contributed by atoms with E-state index in [9.17, 15) is 4.79 Å². The van der Waals surface area contributed by atoms with Crippen LogP contribution >= 0.6 is 0 Å². The average molecular weight is 303 g/mol. The summed E-state index contributed by atoms with van der Waals surface area (Å²) in [4.78, 5) is 14.0. The second kappa shape index (κ2) is 8.06. The molecule has 1 fully saturated rings. The van der Waals surface area contributed by atoms with E-state index < -0.39 is 0 Å². The topological polar surface area (TPSA) is 53.9 Å². The van der Waals surface area contributed by atoms with Gasteiger partial charge in [0.2, 0.25) is 0 Å². The number of rotatable bonds is 5. The number of nitrogens with one attached hydrogen (secondary N) is 1. The highest BCUT2D eigenvalue weighted by molar-refractivity contribution is 5.99. The molecular formula is C17H25N3O2. The van der Waals surface area contributed by atoms with Crippen molar-refractivity contribution >= 4 is 11.6 Å². The molecule has 0 radical (unpaired) electrons. The van der Waals surface area contributed by atoms with E-state index in [1.165, 1.54) is 5.56 Å². The van der Waals surface area contributed by atoms with E-state index in [1.807, 2.05) is 19.1 Å². The van der Waals surface area contributed by atoms with Crippen molar-refractivity contribution in [2.75, 3.05) is 32.8 Å². The van der Waals surface area contributed by atoms with Crippen molar-refractivity contribution in [1.82, 2.24) is 10.3 Å². The molecule has 22 heavy (non-hydrogen) atoms. The second-order valence-corrected chi connectivity index (χ2v) is 5.90. The molecule has 1 N–H and O–H groups in total. The van der Waals surface area contributed by atoms with E-state index in [-0.39, 0.29) is 5.91 Å². The molecule has 0 saturated carbocycles. The first-order chi connectivity index (χ1) is 10.6. The fourth-order valence-electron chi connectivity index (χ4n) is 2.32. The number of carbonyl (C=O) groups excluding carboxylic acids is 1. The fourth-order valence-corrected chi connectivity index (χ4v) is 2.32. The van der Waals surface area contributed by atoms with E-state index >= 15 is 0 Å². The number of hydrogen-bond donors (Lipinski definition) is 1. The summed E-state index contributed by atoms with van der Waals surface area (Å²) in [5.74, 6) is 0.430. The van der Waals surface area contributed by atoms with Gasteiger partial charge in [0.05, 0.1) is 25.5 Å². The first kappa shape index (κ1) is 16.6. The van der Waals surface area contributed by atoms with Gasteiger partial charge in [-0.2, -0.15) is 5.10 Å². The third kappa shape index (κ3) is 4.93. The molecule has 0 aliphatic carbocycles. The van der Waals surface area contributed by atoms with Crippen LogP contribution in [0.15, 0.2) is 29.4 Å². The molecule has 0 atom stereocenters. The highest BCUT2D eigenvalue weighted by Gasteiger charge is 2.13. The van der Waals surface area contributed by atoms with Crippen molar-refractivity contribution in [2.45, 2.75) is 26.7 Å². The van der Waals surface area contributed by atoms with Gasteiger partial charge in [0.15, 0.2) is 0 Å². The Hall–Kier alpha value is -1.72. The highest BCUT2D eigenvalue weighted by atomic mass is 16.5. The summed E-state index contributed by atoms with van der Waals surface area (Å²) in [5.41, 5.74) is 5.77. The van der Waals surface area contributed by atoms with Crippen LogP contribution in [0.4, 0.5) is 0 Å². The quantitative estimate of drug-likeness (QED) is 0.668. The van der Waals surface area contributed by atoms with Gasteiger partial charge < -0.3 is 4.74 Å². The van der Waals surface area contributed by atoms with Crippen LogP contribution in [-0.4, -0.2) is 49.4 Å². The zero-order valence-corrected chi connectivity index (χ0v) is 13.6. The van der Waals surface area contributed by atoms with E-state index in [2.05, 4.69) is 41.4 Å². The maximum Gasteiger partial charge on any atom is 0.254 e. The molecular weight excluding hydrogens is 278 g/mol. The number of hydrazone groups is 1. The minimum atomic E-state index is -0.0833. The molecule has 120 valence electrons. The van der Waals surface area contributed by atoms with E-state index in [4.69, 9.17) is 4.74 Å². The third-order valence-corrected chi connectivity index (χ3v) is 3.81. The predicted molar refractivity (Wildman–Crippen MR) is 88.1 cm³/mol. The highest BCUT2D eigenvalue weighted by Crippen LogP contribution is 2.14. The molecule has 1 aromatic carbocycles. The van der Waals surface area contributed by atoms with Gasteiger partial charge in [0.1, 0.15) is 0 Å². The van der Waals surface area contributed by atoms with Crippen molar-refractivity contribution in [2.24, 2.45) is 5.10 Å². The first-order valence-corrected chi connectivity index (χ1v) is 7.80. The van der Waals surface area contributed by atoms with Gasteiger partial charge in [-0.15, -0.1) is 0 Å². The molecule has 0 unspecified atom stereocenters. The molecule has 0 spiro atoms. The maximum absolute atomic E-state index is 11.9. The standard InChI is InChI=1S/C17H25N3O2/c1-13(2)15-4-6-16(7-5-15)14(3)18-19-17(21)12-20-8-10-22-11-9-20/h4-7,13H,8-12H2,1-3H3,(H,19,21). The molecule has 1 heterocycles. The Morgan fingerprint density at radius 1 is 1.27 bits per heavy atom. The summed E-state index contributed by atoms with van der Waals surface area (Å²) in [6.07, 6.45) is 0. The number of ether oxygens (including phenoxy) is 1. The summed E-state index contributed by atoms with van der Waals surface area (Å²) < 4.78 is 5.26. The summed E-state index contributed by atoms with van der Waals surface area (Å²) in [7, 11) is 0. The third-order valence-electron chi connectivity index (χ3n) is 3.81. The van der Waals surface area contributed by atoms with Gasteiger partial charge in [0, 0.05) is 13.1 Å². The van der Waals surface area contributed by atoms with Gasteiger partial charge in [-0.3, -0.25) is 9.69 Å². The second-order valence-electron chi connectivity index (χ2n) is 5.90. The van der Waals surface area contributed by atoms with Gasteiger partial charge >= 0.3 is 0 Å². The normalized spacial score (nSPS) is 16.8. The predicted octanol–water partition coefficient (Wildman–Crippen LogP) is 1.98. The van der Waals surface area contributed by atoms with Crippen molar-refractivity contribution < 1.29 is 9.53 Å². The number of morpholine rings is 1. The number of benzene rings is 1. The van der Waals surface area contributed by atoms with E-state index in [1.54, 1.807) is 0 Å². The zero-order valence-electron chi connectivity index (χ0n) is 13.6. The Balaban J connectivity index is 1.87. The largest absolute Gasteiger partial charge is 0.379 e. The van der Waals surface area contributed by atoms with Crippen LogP contribution in [0.25, 0.3) is 0 Å². The van der Waals surface area contributed by atoms with Crippen LogP contribution in [0, 0.1) is 0 Å². The van der Waals surface area contributed by atoms with Crippen LogP contribution in [0.1, 0.15) is 37.8 Å². The summed E-state index contributed by atoms with van der Waals surface area (Å²) in [6.45, 7) is 9.59. The lowest BCUT2D eigenvalue weighted by Gasteiger charge is -2.25. The molecule has 5 heteroatoms. The SMILES string of the molecule is CC(=NNC(=O)CN1CCOCC1)c1ccc(C(C)C)cc1. The van der Waals surface area contributed by atoms with Crippen molar-refractivity contribution in [1.29, 1.82) is 0 Å². The lowest BCUT2D eigenvalue weighted by atomic mass is 10.0. The Morgan fingerprint density at radius 2 is 1.91 bits per heavy atom. The van der Waals surface area contributed by atoms with Crippen LogP contribution in [0.2, 0.25) is 0 Å². The number of carbonyl (C=O) groups is 1. The van der Waals surface area contributed by atoms with E-state index in [0.29, 0.717) is 25.7 Å². The number of amides is 1. The van der Waals surface area contributed by atoms with Crippen LogP contribution < -0.4 is 5.43 Å². The average Bonchev–Trinajstić information content (AvgIpc) is 2.53. The van der Waals surface area contributed by atoms with Crippen molar-refractivity contribution in [3.05, 3.63) is 35.4 Å². The molecule has 1 aliphatic heterocycles. The Kier molecular flexibility index (Phi) is 6.10. The monoisotopic (exact) mass is 303 g/mol. The summed E-state index contributed by atoms with van der Waals surface area (Å²) >= 11 is 0. The molecule has 2 rings (SSSR count). The van der Waals surface area contributed by atoms with Crippen LogP contribution in [-0.2, 0) is 9.53 Å².